The summed E-state index contributed by atoms with van der Waals surface area (Å²) >= 11 is 5.97. The lowest BCUT2D eigenvalue weighted by Crippen LogP contribution is -2.03. The average Bonchev–Trinajstić information content (AvgIpc) is 3.30. The summed E-state index contributed by atoms with van der Waals surface area (Å²) in [6.07, 6.45) is 0.121. The Morgan fingerprint density at radius 2 is 1.89 bits per heavy atom. The zero-order chi connectivity index (χ0) is 26.3. The molecule has 4 rings (SSSR count). The van der Waals surface area contributed by atoms with Gasteiger partial charge in [-0.15, -0.1) is 10.2 Å². The van der Waals surface area contributed by atoms with E-state index in [-0.39, 0.29) is 39.7 Å². The van der Waals surface area contributed by atoms with E-state index >= 15 is 0 Å². The molecule has 0 aliphatic heterocycles. The van der Waals surface area contributed by atoms with Crippen LogP contribution in [0.15, 0.2) is 64.0 Å². The molecule has 190 valence electrons. The molecule has 0 aliphatic carbocycles. The van der Waals surface area contributed by atoms with Gasteiger partial charge in [0, 0.05) is 24.7 Å². The molecule has 0 bridgehead atoms. The van der Waals surface area contributed by atoms with Gasteiger partial charge in [-0.05, 0) is 30.2 Å². The number of sulfone groups is 1. The molecule has 0 saturated carbocycles. The van der Waals surface area contributed by atoms with Crippen LogP contribution < -0.4 is 11.1 Å². The molecular weight excluding hydrogens is 518 g/mol. The zero-order valence-corrected chi connectivity index (χ0v) is 20.3. The zero-order valence-electron chi connectivity index (χ0n) is 18.8. The predicted octanol–water partition coefficient (Wildman–Crippen LogP) is 4.07. The first-order valence-electron chi connectivity index (χ1n) is 10.2. The van der Waals surface area contributed by atoms with E-state index in [4.69, 9.17) is 26.9 Å². The van der Waals surface area contributed by atoms with E-state index < -0.39 is 22.2 Å². The summed E-state index contributed by atoms with van der Waals surface area (Å²) in [7, 11) is -3.46. The Labute approximate surface area is 210 Å². The Morgan fingerprint density at radius 3 is 2.44 bits per heavy atom. The molecular formula is C22H21ClF2N6O4S. The van der Waals surface area contributed by atoms with Crippen LogP contribution in [0.4, 0.5) is 26.2 Å². The van der Waals surface area contributed by atoms with Crippen LogP contribution >= 0.6 is 11.6 Å². The number of halogens is 3. The van der Waals surface area contributed by atoms with Gasteiger partial charge in [0.25, 0.3) is 11.8 Å². The fraction of sp³-hybridized carbons (Fsp3) is 0.182. The molecule has 10 nitrogen and oxygen atoms in total. The van der Waals surface area contributed by atoms with Gasteiger partial charge < -0.3 is 20.6 Å². The molecule has 0 radical (unpaired) electrons. The maximum atomic E-state index is 12.5. The molecule has 36 heavy (non-hydrogen) atoms. The number of hydrogen-bond donors (Lipinski definition) is 3. The van der Waals surface area contributed by atoms with Crippen LogP contribution in [0.1, 0.15) is 17.9 Å². The van der Waals surface area contributed by atoms with Crippen molar-refractivity contribution in [3.8, 4) is 11.5 Å². The Morgan fingerprint density at radius 1 is 1.17 bits per heavy atom. The number of rotatable bonds is 7. The van der Waals surface area contributed by atoms with Crippen LogP contribution in [0.2, 0.25) is 5.02 Å². The van der Waals surface area contributed by atoms with Gasteiger partial charge in [-0.25, -0.2) is 13.4 Å². The molecule has 4 aromatic rings. The number of aliphatic hydroxyl groups excluding tert-OH is 1. The SMILES string of the molecule is CS(=O)(=O)c1ccc(Nc2ncc(-c3nnc(C(F)F)o3)c(N)n2)cc1Cl.OCCc1ccccc1. The van der Waals surface area contributed by atoms with Crippen molar-refractivity contribution in [2.24, 2.45) is 0 Å². The van der Waals surface area contributed by atoms with Crippen molar-refractivity contribution in [1.29, 1.82) is 0 Å². The van der Waals surface area contributed by atoms with Crippen LogP contribution in [-0.4, -0.2) is 46.6 Å². The summed E-state index contributed by atoms with van der Waals surface area (Å²) < 4.78 is 53.0. The van der Waals surface area contributed by atoms with Gasteiger partial charge in [0.15, 0.2) is 9.84 Å². The summed E-state index contributed by atoms with van der Waals surface area (Å²) in [5, 5.41) is 18.0. The van der Waals surface area contributed by atoms with Gasteiger partial charge in [0.1, 0.15) is 5.82 Å². The van der Waals surface area contributed by atoms with E-state index in [0.717, 1.165) is 12.7 Å². The van der Waals surface area contributed by atoms with E-state index in [9.17, 15) is 17.2 Å². The highest BCUT2D eigenvalue weighted by Gasteiger charge is 2.19. The largest absolute Gasteiger partial charge is 0.415 e. The van der Waals surface area contributed by atoms with E-state index in [1.54, 1.807) is 0 Å². The number of aliphatic hydroxyl groups is 1. The van der Waals surface area contributed by atoms with Crippen LogP contribution in [0.3, 0.4) is 0 Å². The first-order chi connectivity index (χ1) is 17.1. The Kier molecular flexibility index (Phi) is 8.85. The van der Waals surface area contributed by atoms with Crippen molar-refractivity contribution in [1.82, 2.24) is 20.2 Å². The van der Waals surface area contributed by atoms with Gasteiger partial charge in [-0.2, -0.15) is 13.8 Å². The van der Waals surface area contributed by atoms with Crippen molar-refractivity contribution in [2.45, 2.75) is 17.7 Å². The quantitative estimate of drug-likeness (QED) is 0.313. The van der Waals surface area contributed by atoms with Gasteiger partial charge >= 0.3 is 6.43 Å². The monoisotopic (exact) mass is 538 g/mol. The van der Waals surface area contributed by atoms with Crippen molar-refractivity contribution < 1.29 is 26.7 Å². The number of nitrogen functional groups attached to an aromatic ring is 1. The summed E-state index contributed by atoms with van der Waals surface area (Å²) in [5.41, 5.74) is 7.49. The molecule has 0 amide bonds. The summed E-state index contributed by atoms with van der Waals surface area (Å²) in [5.74, 6) is -1.11. The van der Waals surface area contributed by atoms with E-state index in [2.05, 4.69) is 25.5 Å². The molecule has 2 heterocycles. The minimum absolute atomic E-state index is 0.0169. The normalized spacial score (nSPS) is 11.2. The molecule has 0 atom stereocenters. The highest BCUT2D eigenvalue weighted by molar-refractivity contribution is 7.90. The topological polar surface area (TPSA) is 157 Å². The summed E-state index contributed by atoms with van der Waals surface area (Å²) in [6, 6.07) is 14.1. The fourth-order valence-electron chi connectivity index (χ4n) is 2.83. The van der Waals surface area contributed by atoms with Gasteiger partial charge in [0.2, 0.25) is 5.95 Å². The van der Waals surface area contributed by atoms with Crippen molar-refractivity contribution in [2.75, 3.05) is 23.9 Å². The Hall–Kier alpha value is -3.68. The lowest BCUT2D eigenvalue weighted by molar-refractivity contribution is 0.116. The summed E-state index contributed by atoms with van der Waals surface area (Å²) in [6.45, 7) is 0.240. The number of benzene rings is 2. The Bertz CT molecular complexity index is 1420. The van der Waals surface area contributed by atoms with Crippen LogP contribution in [0.25, 0.3) is 11.5 Å². The first-order valence-corrected chi connectivity index (χ1v) is 12.5. The second-order valence-electron chi connectivity index (χ2n) is 7.24. The smallest absolute Gasteiger partial charge is 0.314 e. The lowest BCUT2D eigenvalue weighted by atomic mass is 10.2. The minimum atomic E-state index is -3.46. The maximum Gasteiger partial charge on any atom is 0.314 e. The molecule has 0 aliphatic rings. The predicted molar refractivity (Wildman–Crippen MR) is 130 cm³/mol. The van der Waals surface area contributed by atoms with Crippen LogP contribution in [0, 0.1) is 0 Å². The van der Waals surface area contributed by atoms with Gasteiger partial charge in [-0.3, -0.25) is 0 Å². The highest BCUT2D eigenvalue weighted by Crippen LogP contribution is 2.29. The van der Waals surface area contributed by atoms with Gasteiger partial charge in [0.05, 0.1) is 15.5 Å². The third-order valence-electron chi connectivity index (χ3n) is 4.51. The number of nitrogens with zero attached hydrogens (tertiary/aromatic N) is 4. The highest BCUT2D eigenvalue weighted by atomic mass is 35.5. The number of nitrogens with one attached hydrogen (secondary N) is 1. The molecule has 0 unspecified atom stereocenters. The molecule has 2 aromatic carbocycles. The van der Waals surface area contributed by atoms with E-state index in [0.29, 0.717) is 5.69 Å². The third kappa shape index (κ3) is 7.16. The molecule has 14 heteroatoms. The number of anilines is 3. The van der Waals surface area contributed by atoms with Crippen molar-refractivity contribution in [3.05, 3.63) is 71.2 Å². The van der Waals surface area contributed by atoms with Crippen LogP contribution in [0.5, 0.6) is 0 Å². The van der Waals surface area contributed by atoms with Gasteiger partial charge in [-0.1, -0.05) is 41.9 Å². The molecule has 0 saturated heterocycles. The number of alkyl halides is 2. The number of nitrogens with two attached hydrogens (primary N) is 1. The lowest BCUT2D eigenvalue weighted by Gasteiger charge is -2.08. The average molecular weight is 539 g/mol. The number of aromatic nitrogens is 4. The standard InChI is InChI=1S/C14H11ClF2N6O3S.C8H10O/c1-27(24,25)9-3-2-6(4-8(9)15)20-14-19-5-7(11(18)21-14)12-22-23-13(26-12)10(16)17;9-7-6-8-4-2-1-3-5-8/h2-5,10H,1H3,(H3,18,19,20,21);1-5,9H,6-7H2. The minimum Gasteiger partial charge on any atom is -0.415 e. The molecule has 4 N–H and O–H groups in total. The molecule has 0 spiro atoms. The van der Waals surface area contributed by atoms with Crippen molar-refractivity contribution >= 4 is 38.9 Å². The van der Waals surface area contributed by atoms with Crippen LogP contribution in [-0.2, 0) is 16.3 Å². The van der Waals surface area contributed by atoms with E-state index in [1.165, 1.54) is 30.0 Å². The Balaban J connectivity index is 0.000000338. The second kappa shape index (κ2) is 11.8. The second-order valence-corrected chi connectivity index (χ2v) is 9.63. The molecule has 0 fully saturated rings. The molecule has 2 aromatic heterocycles. The van der Waals surface area contributed by atoms with Crippen molar-refractivity contribution in [3.63, 3.8) is 0 Å². The summed E-state index contributed by atoms with van der Waals surface area (Å²) in [4.78, 5) is 7.95. The van der Waals surface area contributed by atoms with E-state index in [1.807, 2.05) is 30.3 Å². The first kappa shape index (κ1) is 26.9. The maximum absolute atomic E-state index is 12.5. The third-order valence-corrected chi connectivity index (χ3v) is 6.09. The fourth-order valence-corrected chi connectivity index (χ4v) is 4.16. The number of hydrogen-bond acceptors (Lipinski definition) is 10.